The molecule has 0 unspecified atom stereocenters. The predicted molar refractivity (Wildman–Crippen MR) is 119 cm³/mol. The van der Waals surface area contributed by atoms with Crippen molar-refractivity contribution in [2.45, 2.75) is 18.9 Å². The maximum atomic E-state index is 13.7. The number of ketones is 1. The second-order valence-corrected chi connectivity index (χ2v) is 7.54. The Morgan fingerprint density at radius 1 is 1.27 bits per heavy atom. The van der Waals surface area contributed by atoms with Gasteiger partial charge >= 0.3 is 0 Å². The number of imidazole rings is 1. The van der Waals surface area contributed by atoms with Crippen molar-refractivity contribution in [3.8, 4) is 0 Å². The third kappa shape index (κ3) is 5.30. The van der Waals surface area contributed by atoms with Crippen LogP contribution in [-0.2, 0) is 11.3 Å². The van der Waals surface area contributed by atoms with E-state index in [-0.39, 0.29) is 11.7 Å². The molecule has 5 nitrogen and oxygen atoms in total. The fourth-order valence-electron chi connectivity index (χ4n) is 3.24. The van der Waals surface area contributed by atoms with Gasteiger partial charge in [0.15, 0.2) is 5.76 Å². The number of nitrogens with zero attached hydrogens (tertiary/aromatic N) is 3. The zero-order valence-electron chi connectivity index (χ0n) is 16.4. The van der Waals surface area contributed by atoms with E-state index in [0.717, 1.165) is 17.3 Å². The fraction of sp³-hybridized carbons (Fsp3) is 0.174. The van der Waals surface area contributed by atoms with Crippen LogP contribution < -0.4 is 0 Å². The van der Waals surface area contributed by atoms with E-state index in [1.54, 1.807) is 24.5 Å². The lowest BCUT2D eigenvalue weighted by atomic mass is 9.88. The summed E-state index contributed by atoms with van der Waals surface area (Å²) < 4.78 is 16.0. The summed E-state index contributed by atoms with van der Waals surface area (Å²) in [5, 5.41) is 9.96. The highest BCUT2D eigenvalue weighted by atomic mass is 79.9. The van der Waals surface area contributed by atoms with Crippen LogP contribution in [0.5, 0.6) is 0 Å². The molecule has 0 saturated heterocycles. The lowest BCUT2D eigenvalue weighted by Gasteiger charge is -2.19. The summed E-state index contributed by atoms with van der Waals surface area (Å²) in [5.74, 6) is -0.800. The molecule has 3 rings (SSSR count). The molecule has 154 valence electrons. The van der Waals surface area contributed by atoms with Crippen LogP contribution in [-0.4, -0.2) is 33.7 Å². The van der Waals surface area contributed by atoms with Crippen LogP contribution in [0, 0.1) is 5.82 Å². The zero-order valence-corrected chi connectivity index (χ0v) is 18.0. The first-order valence-electron chi connectivity index (χ1n) is 9.37. The summed E-state index contributed by atoms with van der Waals surface area (Å²) in [4.78, 5) is 19.6. The van der Waals surface area contributed by atoms with Crippen LogP contribution in [0.15, 0.2) is 76.1 Å². The summed E-state index contributed by atoms with van der Waals surface area (Å²) in [6, 6.07) is 15.1. The number of aliphatic hydroxyl groups is 1. The quantitative estimate of drug-likeness (QED) is 0.281. The Bertz CT molecular complexity index is 1080. The van der Waals surface area contributed by atoms with Crippen molar-refractivity contribution in [1.82, 2.24) is 9.55 Å². The largest absolute Gasteiger partial charge is 0.504 e. The molecule has 0 aliphatic rings. The van der Waals surface area contributed by atoms with Gasteiger partial charge in [-0.15, -0.1) is 0 Å². The molecule has 30 heavy (non-hydrogen) atoms. The number of Topliss-reactive ketones (excluding diaryl/α,β-unsaturated/α-hetero) is 1. The van der Waals surface area contributed by atoms with Gasteiger partial charge in [0, 0.05) is 38.0 Å². The van der Waals surface area contributed by atoms with Gasteiger partial charge in [0.25, 0.3) is 0 Å². The minimum Gasteiger partial charge on any atom is -0.504 e. The van der Waals surface area contributed by atoms with Crippen molar-refractivity contribution in [3.63, 3.8) is 0 Å². The first-order chi connectivity index (χ1) is 14.5. The van der Waals surface area contributed by atoms with E-state index < -0.39 is 11.5 Å². The number of carbonyl (C=O) groups is 1. The Morgan fingerprint density at radius 3 is 2.73 bits per heavy atom. The van der Waals surface area contributed by atoms with Crippen LogP contribution in [0.25, 0.3) is 6.08 Å². The molecule has 0 bridgehead atoms. The van der Waals surface area contributed by atoms with Gasteiger partial charge in [-0.3, -0.25) is 9.79 Å². The second-order valence-electron chi connectivity index (χ2n) is 6.69. The van der Waals surface area contributed by atoms with E-state index in [9.17, 15) is 14.3 Å². The SMILES string of the molecule is C/N=C\C(=O)/C(O)=C/c1nccn1CC[C@H](c1ccccc1)c1ccc(F)c(Br)c1. The molecular formula is C23H21BrFN3O2. The molecule has 0 amide bonds. The summed E-state index contributed by atoms with van der Waals surface area (Å²) in [7, 11) is 1.46. The topological polar surface area (TPSA) is 67.5 Å². The first kappa shape index (κ1) is 21.6. The Labute approximate surface area is 182 Å². The van der Waals surface area contributed by atoms with Crippen molar-refractivity contribution in [2.24, 2.45) is 4.99 Å². The zero-order chi connectivity index (χ0) is 21.5. The fourth-order valence-corrected chi connectivity index (χ4v) is 3.63. The summed E-state index contributed by atoms with van der Waals surface area (Å²) in [6.45, 7) is 0.587. The standard InChI is InChI=1S/C23H21BrFN3O2/c1-26-15-22(30)21(29)14-23-27-10-12-28(23)11-9-18(16-5-3-2-4-6-16)17-7-8-20(25)19(24)13-17/h2-8,10,12-15,18,29H,9,11H2,1H3/b21-14-,26-15-/t18-/m1/s1. The Morgan fingerprint density at radius 2 is 2.03 bits per heavy atom. The number of hydrogen-bond acceptors (Lipinski definition) is 4. The molecule has 1 atom stereocenters. The van der Waals surface area contributed by atoms with Crippen molar-refractivity contribution < 1.29 is 14.3 Å². The monoisotopic (exact) mass is 469 g/mol. The predicted octanol–water partition coefficient (Wildman–Crippen LogP) is 5.18. The third-order valence-electron chi connectivity index (χ3n) is 4.72. The number of benzene rings is 2. The van der Waals surface area contributed by atoms with Gasteiger partial charge in [0.1, 0.15) is 11.6 Å². The number of carbonyl (C=O) groups excluding carboxylic acids is 1. The van der Waals surface area contributed by atoms with Gasteiger partial charge in [-0.2, -0.15) is 0 Å². The maximum absolute atomic E-state index is 13.7. The molecule has 1 heterocycles. The number of aromatic nitrogens is 2. The molecule has 0 fully saturated rings. The number of hydrogen-bond donors (Lipinski definition) is 1. The highest BCUT2D eigenvalue weighted by Crippen LogP contribution is 2.31. The van der Waals surface area contributed by atoms with Gasteiger partial charge in [-0.1, -0.05) is 36.4 Å². The van der Waals surface area contributed by atoms with Crippen LogP contribution in [0.4, 0.5) is 4.39 Å². The molecule has 0 spiro atoms. The molecule has 0 aliphatic carbocycles. The molecule has 2 aromatic carbocycles. The molecule has 0 saturated carbocycles. The maximum Gasteiger partial charge on any atom is 0.237 e. The van der Waals surface area contributed by atoms with Crippen molar-refractivity contribution in [3.05, 3.63) is 93.9 Å². The molecule has 1 aromatic heterocycles. The van der Waals surface area contributed by atoms with Crippen molar-refractivity contribution in [1.29, 1.82) is 0 Å². The average Bonchev–Trinajstić information content (AvgIpc) is 3.18. The second kappa shape index (κ2) is 10.1. The molecule has 0 aliphatic heterocycles. The highest BCUT2D eigenvalue weighted by Gasteiger charge is 2.17. The van der Waals surface area contributed by atoms with E-state index in [1.165, 1.54) is 19.2 Å². The van der Waals surface area contributed by atoms with Crippen LogP contribution in [0.2, 0.25) is 0 Å². The van der Waals surface area contributed by atoms with Crippen molar-refractivity contribution in [2.75, 3.05) is 7.05 Å². The Kier molecular flexibility index (Phi) is 7.30. The lowest BCUT2D eigenvalue weighted by molar-refractivity contribution is -0.111. The van der Waals surface area contributed by atoms with E-state index in [4.69, 9.17) is 0 Å². The number of aliphatic hydroxyl groups excluding tert-OH is 1. The van der Waals surface area contributed by atoms with Crippen LogP contribution in [0.3, 0.4) is 0 Å². The average molecular weight is 470 g/mol. The van der Waals surface area contributed by atoms with Gasteiger partial charge in [-0.25, -0.2) is 9.37 Å². The van der Waals surface area contributed by atoms with Gasteiger partial charge in [-0.05, 0) is 45.6 Å². The summed E-state index contributed by atoms with van der Waals surface area (Å²) >= 11 is 3.27. The van der Waals surface area contributed by atoms with Gasteiger partial charge in [0.05, 0.1) is 10.7 Å². The Hall–Kier alpha value is -3.06. The van der Waals surface area contributed by atoms with Crippen molar-refractivity contribution >= 4 is 34.0 Å². The molecule has 3 aromatic rings. The van der Waals surface area contributed by atoms with Gasteiger partial charge < -0.3 is 9.67 Å². The minimum absolute atomic E-state index is 0.0322. The normalized spacial score (nSPS) is 13.0. The summed E-state index contributed by atoms with van der Waals surface area (Å²) in [5.41, 5.74) is 2.11. The minimum atomic E-state index is -0.578. The smallest absolute Gasteiger partial charge is 0.237 e. The van der Waals surface area contributed by atoms with Gasteiger partial charge in [0.2, 0.25) is 5.78 Å². The van der Waals surface area contributed by atoms with E-state index in [0.29, 0.717) is 23.3 Å². The Balaban J connectivity index is 1.86. The number of halogens is 2. The number of aryl methyl sites for hydroxylation is 1. The molecule has 0 radical (unpaired) electrons. The summed E-state index contributed by atoms with van der Waals surface area (Å²) in [6.07, 6.45) is 6.50. The van der Waals surface area contributed by atoms with E-state index in [2.05, 4.69) is 25.9 Å². The van der Waals surface area contributed by atoms with E-state index >= 15 is 0 Å². The van der Waals surface area contributed by atoms with E-state index in [1.807, 2.05) is 34.9 Å². The lowest BCUT2D eigenvalue weighted by Crippen LogP contribution is -2.09. The first-order valence-corrected chi connectivity index (χ1v) is 10.2. The number of rotatable bonds is 8. The van der Waals surface area contributed by atoms with Crippen LogP contribution >= 0.6 is 15.9 Å². The highest BCUT2D eigenvalue weighted by molar-refractivity contribution is 9.10. The molecule has 7 heteroatoms. The third-order valence-corrected chi connectivity index (χ3v) is 5.33. The number of aliphatic imine (C=N–C) groups is 1. The molecule has 1 N–H and O–H groups in total. The van der Waals surface area contributed by atoms with Crippen LogP contribution in [0.1, 0.15) is 29.3 Å². The molecular weight excluding hydrogens is 449 g/mol. The number of allylic oxidation sites excluding steroid dienone is 1.